The van der Waals surface area contributed by atoms with Gasteiger partial charge in [-0.3, -0.25) is 0 Å². The first-order valence-corrected chi connectivity index (χ1v) is 9.42. The highest BCUT2D eigenvalue weighted by atomic mass is 14.3. The van der Waals surface area contributed by atoms with Gasteiger partial charge in [-0.2, -0.15) is 0 Å². The van der Waals surface area contributed by atoms with E-state index < -0.39 is 0 Å². The highest BCUT2D eigenvalue weighted by Crippen LogP contribution is 2.42. The van der Waals surface area contributed by atoms with Crippen LogP contribution < -0.4 is 0 Å². The van der Waals surface area contributed by atoms with E-state index in [1.807, 2.05) is 0 Å². The number of allylic oxidation sites excluding steroid dienone is 13. The molecule has 0 spiro atoms. The molecular weight excluding hydrogens is 288 g/mol. The van der Waals surface area contributed by atoms with E-state index >= 15 is 0 Å². The lowest BCUT2D eigenvalue weighted by Gasteiger charge is -2.34. The molecule has 0 saturated carbocycles. The largest absolute Gasteiger partial charge is 0.0953 e. The van der Waals surface area contributed by atoms with Crippen LogP contribution in [0.5, 0.6) is 0 Å². The Bertz CT molecular complexity index is 660. The van der Waals surface area contributed by atoms with Crippen LogP contribution in [-0.4, -0.2) is 0 Å². The summed E-state index contributed by atoms with van der Waals surface area (Å²) in [4.78, 5) is 0. The maximum Gasteiger partial charge on any atom is -0.00561 e. The van der Waals surface area contributed by atoms with Crippen LogP contribution in [0.15, 0.2) is 83.6 Å². The predicted molar refractivity (Wildman–Crippen MR) is 106 cm³/mol. The maximum absolute atomic E-state index is 4.57. The third kappa shape index (κ3) is 3.80. The highest BCUT2D eigenvalue weighted by Gasteiger charge is 2.31. The van der Waals surface area contributed by atoms with E-state index in [1.54, 1.807) is 0 Å². The van der Waals surface area contributed by atoms with Crippen LogP contribution in [0.25, 0.3) is 0 Å². The monoisotopic (exact) mass is 318 g/mol. The van der Waals surface area contributed by atoms with Crippen molar-refractivity contribution in [1.82, 2.24) is 0 Å². The van der Waals surface area contributed by atoms with Crippen LogP contribution in [0.1, 0.15) is 46.0 Å². The maximum atomic E-state index is 4.57. The highest BCUT2D eigenvalue weighted by molar-refractivity contribution is 5.38. The number of rotatable bonds is 5. The summed E-state index contributed by atoms with van der Waals surface area (Å²) in [7, 11) is 0. The van der Waals surface area contributed by atoms with Gasteiger partial charge in [0.2, 0.25) is 0 Å². The summed E-state index contributed by atoms with van der Waals surface area (Å²) in [6, 6.07) is 0. The van der Waals surface area contributed by atoms with Crippen LogP contribution in [0.4, 0.5) is 0 Å². The molecule has 3 rings (SSSR count). The van der Waals surface area contributed by atoms with Crippen LogP contribution in [0.2, 0.25) is 0 Å². The smallest absolute Gasteiger partial charge is 0.00561 e. The van der Waals surface area contributed by atoms with Gasteiger partial charge in [0, 0.05) is 0 Å². The van der Waals surface area contributed by atoms with Gasteiger partial charge in [0.05, 0.1) is 0 Å². The van der Waals surface area contributed by atoms with Crippen LogP contribution in [0, 0.1) is 17.8 Å². The fraction of sp³-hybridized carbons (Fsp3) is 0.417. The second-order valence-electron chi connectivity index (χ2n) is 7.43. The zero-order valence-corrected chi connectivity index (χ0v) is 15.2. The van der Waals surface area contributed by atoms with Crippen molar-refractivity contribution in [1.29, 1.82) is 0 Å². The Morgan fingerprint density at radius 1 is 1.25 bits per heavy atom. The zero-order valence-electron chi connectivity index (χ0n) is 15.2. The van der Waals surface area contributed by atoms with Gasteiger partial charge in [-0.25, -0.2) is 0 Å². The molecule has 3 aliphatic carbocycles. The van der Waals surface area contributed by atoms with Gasteiger partial charge in [-0.05, 0) is 73.5 Å². The van der Waals surface area contributed by atoms with Crippen LogP contribution in [0.3, 0.4) is 0 Å². The van der Waals surface area contributed by atoms with Crippen molar-refractivity contribution in [3.8, 4) is 0 Å². The molecule has 0 aliphatic heterocycles. The molecule has 0 heteroatoms. The molecule has 0 N–H and O–H groups in total. The van der Waals surface area contributed by atoms with Crippen molar-refractivity contribution in [2.24, 2.45) is 17.8 Å². The molecule has 0 nitrogen and oxygen atoms in total. The van der Waals surface area contributed by atoms with Gasteiger partial charge in [-0.1, -0.05) is 73.8 Å². The van der Waals surface area contributed by atoms with Crippen molar-refractivity contribution in [3.05, 3.63) is 83.6 Å². The van der Waals surface area contributed by atoms with Gasteiger partial charge in [0.15, 0.2) is 0 Å². The molecule has 0 aromatic carbocycles. The Hall–Kier alpha value is -1.82. The van der Waals surface area contributed by atoms with E-state index in [2.05, 4.69) is 75.1 Å². The lowest BCUT2D eigenvalue weighted by atomic mass is 9.70. The summed E-state index contributed by atoms with van der Waals surface area (Å²) >= 11 is 0. The molecule has 24 heavy (non-hydrogen) atoms. The van der Waals surface area contributed by atoms with E-state index in [0.29, 0.717) is 17.8 Å². The minimum Gasteiger partial charge on any atom is -0.0953 e. The predicted octanol–water partition coefficient (Wildman–Crippen LogP) is 6.87. The summed E-state index contributed by atoms with van der Waals surface area (Å²) in [6.45, 7) is 9.21. The summed E-state index contributed by atoms with van der Waals surface area (Å²) in [5, 5.41) is 0. The first-order valence-electron chi connectivity index (χ1n) is 9.42. The second kappa shape index (κ2) is 7.83. The normalized spacial score (nSPS) is 27.3. The molecule has 0 radical (unpaired) electrons. The third-order valence-electron chi connectivity index (χ3n) is 5.86. The molecule has 3 unspecified atom stereocenters. The third-order valence-corrected chi connectivity index (χ3v) is 5.86. The number of hydrogen-bond acceptors (Lipinski definition) is 0. The Kier molecular flexibility index (Phi) is 5.56. The molecule has 3 aliphatic rings. The van der Waals surface area contributed by atoms with E-state index in [4.69, 9.17) is 0 Å². The van der Waals surface area contributed by atoms with Crippen molar-refractivity contribution in [3.63, 3.8) is 0 Å². The quantitative estimate of drug-likeness (QED) is 0.519. The van der Waals surface area contributed by atoms with E-state index in [1.165, 1.54) is 41.6 Å². The lowest BCUT2D eigenvalue weighted by Crippen LogP contribution is -2.25. The zero-order chi connectivity index (χ0) is 16.9. The summed E-state index contributed by atoms with van der Waals surface area (Å²) in [6.07, 6.45) is 26.5. The minimum atomic E-state index is 0.492. The van der Waals surface area contributed by atoms with E-state index in [9.17, 15) is 0 Å². The number of hydrogen-bond donors (Lipinski definition) is 0. The molecule has 0 bridgehead atoms. The van der Waals surface area contributed by atoms with Crippen LogP contribution >= 0.6 is 0 Å². The first-order chi connectivity index (χ1) is 11.7. The van der Waals surface area contributed by atoms with Crippen molar-refractivity contribution < 1.29 is 0 Å². The molecular formula is C24H30. The Morgan fingerprint density at radius 2 is 2.12 bits per heavy atom. The molecule has 0 amide bonds. The minimum absolute atomic E-state index is 0.492. The fourth-order valence-corrected chi connectivity index (χ4v) is 4.15. The fourth-order valence-electron chi connectivity index (χ4n) is 4.15. The Labute approximate surface area is 147 Å². The van der Waals surface area contributed by atoms with E-state index in [0.717, 1.165) is 12.8 Å². The van der Waals surface area contributed by atoms with Gasteiger partial charge in [0.25, 0.3) is 0 Å². The molecule has 0 heterocycles. The molecule has 0 aromatic heterocycles. The average molecular weight is 319 g/mol. The van der Waals surface area contributed by atoms with Crippen molar-refractivity contribution in [2.45, 2.75) is 46.0 Å². The first kappa shape index (κ1) is 17.0. The second-order valence-corrected chi connectivity index (χ2v) is 7.43. The topological polar surface area (TPSA) is 0 Å². The van der Waals surface area contributed by atoms with Crippen molar-refractivity contribution >= 4 is 0 Å². The Balaban J connectivity index is 1.87. The summed E-state index contributed by atoms with van der Waals surface area (Å²) in [5.74, 6) is 1.63. The SMILES string of the molecule is C=C(C1=CCCC1)C(CC1=CC=CCC=C1)C1C=CC=C(C)C1C. The average Bonchev–Trinajstić information content (AvgIpc) is 3.00. The van der Waals surface area contributed by atoms with Crippen molar-refractivity contribution in [2.75, 3.05) is 0 Å². The molecule has 0 fully saturated rings. The van der Waals surface area contributed by atoms with Gasteiger partial charge >= 0.3 is 0 Å². The standard InChI is InChI=1S/C24H30/c1-18-11-10-16-23(19(18)2)24(20(3)22-14-8-9-15-22)17-21-12-6-4-5-7-13-21/h4,6-7,10-14,16,19,23-24H,3,5,8-9,15,17H2,1-2H3. The molecule has 126 valence electrons. The molecule has 0 aromatic rings. The summed E-state index contributed by atoms with van der Waals surface area (Å²) in [5.41, 5.74) is 5.82. The van der Waals surface area contributed by atoms with Gasteiger partial charge < -0.3 is 0 Å². The summed E-state index contributed by atoms with van der Waals surface area (Å²) < 4.78 is 0. The molecule has 3 atom stereocenters. The van der Waals surface area contributed by atoms with Crippen LogP contribution in [-0.2, 0) is 0 Å². The molecule has 0 saturated heterocycles. The Morgan fingerprint density at radius 3 is 2.92 bits per heavy atom. The van der Waals surface area contributed by atoms with Gasteiger partial charge in [0.1, 0.15) is 0 Å². The lowest BCUT2D eigenvalue weighted by molar-refractivity contribution is 0.362. The van der Waals surface area contributed by atoms with Gasteiger partial charge in [-0.15, -0.1) is 0 Å². The van der Waals surface area contributed by atoms with E-state index in [-0.39, 0.29) is 0 Å².